The number of aryl methyl sites for hydroxylation is 1. The summed E-state index contributed by atoms with van der Waals surface area (Å²) >= 11 is 0. The van der Waals surface area contributed by atoms with Crippen molar-refractivity contribution in [1.29, 1.82) is 0 Å². The molecule has 2 fully saturated rings. The standard InChI is InChI=1S/C24H25NO4/c1-13-5-3-4-6-15(13)21-12-29-23-17(21)7-14(8-18(23)24(27)25-2)22(26)9-16-19-10-28-11-20(16)19/h3-8,16,19-21H,9-12H2,1-2H3,(H,25,27)/t16?,19-,20+,21-/m0/s1. The number of carbonyl (C=O) groups excluding carboxylic acids is 2. The zero-order chi connectivity index (χ0) is 20.1. The minimum absolute atomic E-state index is 0.0241. The number of ether oxygens (including phenoxy) is 2. The highest BCUT2D eigenvalue weighted by molar-refractivity contribution is 6.03. The molecule has 2 heterocycles. The van der Waals surface area contributed by atoms with E-state index in [1.807, 2.05) is 18.2 Å². The van der Waals surface area contributed by atoms with Gasteiger partial charge in [-0.25, -0.2) is 0 Å². The molecule has 2 aromatic carbocycles. The Morgan fingerprint density at radius 3 is 2.55 bits per heavy atom. The Bertz CT molecular complexity index is 988. The fraction of sp³-hybridized carbons (Fsp3) is 0.417. The summed E-state index contributed by atoms with van der Waals surface area (Å²) in [7, 11) is 1.60. The summed E-state index contributed by atoms with van der Waals surface area (Å²) < 4.78 is 11.4. The van der Waals surface area contributed by atoms with Crippen LogP contribution in [0.2, 0.25) is 0 Å². The third-order valence-electron chi connectivity index (χ3n) is 6.80. The first-order valence-corrected chi connectivity index (χ1v) is 10.3. The number of Topliss-reactive ketones (excluding diaryl/α,β-unsaturated/α-hetero) is 1. The molecule has 2 aliphatic heterocycles. The van der Waals surface area contributed by atoms with Crippen molar-refractivity contribution in [2.45, 2.75) is 19.3 Å². The summed E-state index contributed by atoms with van der Waals surface area (Å²) in [4.78, 5) is 25.6. The Kier molecular flexibility index (Phi) is 4.43. The molecule has 2 aromatic rings. The topological polar surface area (TPSA) is 64.6 Å². The molecule has 1 saturated heterocycles. The molecule has 5 rings (SSSR count). The second-order valence-electron chi connectivity index (χ2n) is 8.40. The van der Waals surface area contributed by atoms with Crippen molar-refractivity contribution in [2.24, 2.45) is 17.8 Å². The van der Waals surface area contributed by atoms with Crippen molar-refractivity contribution in [2.75, 3.05) is 26.9 Å². The van der Waals surface area contributed by atoms with E-state index in [9.17, 15) is 9.59 Å². The predicted octanol–water partition coefficient (Wildman–Crippen LogP) is 3.34. The molecule has 29 heavy (non-hydrogen) atoms. The highest BCUT2D eigenvalue weighted by Gasteiger charge is 2.54. The molecule has 4 atom stereocenters. The number of fused-ring (bicyclic) bond motifs is 2. The van der Waals surface area contributed by atoms with Crippen molar-refractivity contribution in [3.05, 3.63) is 64.2 Å². The Balaban J connectivity index is 1.51. The van der Waals surface area contributed by atoms with E-state index < -0.39 is 0 Å². The molecular weight excluding hydrogens is 366 g/mol. The lowest BCUT2D eigenvalue weighted by Gasteiger charge is -2.14. The van der Waals surface area contributed by atoms with Gasteiger partial charge in [-0.3, -0.25) is 9.59 Å². The zero-order valence-electron chi connectivity index (χ0n) is 16.7. The van der Waals surface area contributed by atoms with E-state index in [-0.39, 0.29) is 17.6 Å². The maximum atomic E-state index is 13.1. The summed E-state index contributed by atoms with van der Waals surface area (Å²) in [5, 5.41) is 2.68. The number of hydrogen-bond acceptors (Lipinski definition) is 4. The summed E-state index contributed by atoms with van der Waals surface area (Å²) in [5.74, 6) is 2.01. The molecule has 0 spiro atoms. The maximum absolute atomic E-state index is 13.1. The smallest absolute Gasteiger partial charge is 0.254 e. The predicted molar refractivity (Wildman–Crippen MR) is 109 cm³/mol. The second kappa shape index (κ2) is 6.99. The molecule has 1 saturated carbocycles. The molecule has 0 bridgehead atoms. The molecule has 5 nitrogen and oxygen atoms in total. The van der Waals surface area contributed by atoms with Crippen LogP contribution in [-0.4, -0.2) is 38.6 Å². The van der Waals surface area contributed by atoms with Gasteiger partial charge in [0, 0.05) is 30.5 Å². The van der Waals surface area contributed by atoms with E-state index in [1.54, 1.807) is 13.1 Å². The van der Waals surface area contributed by atoms with E-state index in [2.05, 4.69) is 24.4 Å². The van der Waals surface area contributed by atoms with Gasteiger partial charge in [-0.2, -0.15) is 0 Å². The average Bonchev–Trinajstić information content (AvgIpc) is 3.09. The van der Waals surface area contributed by atoms with E-state index in [4.69, 9.17) is 9.47 Å². The number of benzene rings is 2. The second-order valence-corrected chi connectivity index (χ2v) is 8.40. The van der Waals surface area contributed by atoms with Gasteiger partial charge in [-0.1, -0.05) is 24.3 Å². The molecular formula is C24H25NO4. The molecule has 1 amide bonds. The van der Waals surface area contributed by atoms with Crippen molar-refractivity contribution >= 4 is 11.7 Å². The average molecular weight is 391 g/mol. The van der Waals surface area contributed by atoms with Crippen molar-refractivity contribution in [3.8, 4) is 5.75 Å². The van der Waals surface area contributed by atoms with E-state index in [0.717, 1.165) is 18.8 Å². The fourth-order valence-electron chi connectivity index (χ4n) is 5.02. The number of carbonyl (C=O) groups is 2. The minimum atomic E-state index is -0.224. The first-order valence-electron chi connectivity index (χ1n) is 10.3. The number of hydrogen-bond donors (Lipinski definition) is 1. The van der Waals surface area contributed by atoms with Crippen LogP contribution in [0.5, 0.6) is 5.75 Å². The molecule has 150 valence electrons. The Morgan fingerprint density at radius 2 is 1.83 bits per heavy atom. The number of rotatable bonds is 5. The van der Waals surface area contributed by atoms with Crippen molar-refractivity contribution < 1.29 is 19.1 Å². The van der Waals surface area contributed by atoms with Crippen LogP contribution in [0, 0.1) is 24.7 Å². The van der Waals surface area contributed by atoms with Crippen LogP contribution >= 0.6 is 0 Å². The number of nitrogens with one attached hydrogen (secondary N) is 1. The van der Waals surface area contributed by atoms with E-state index in [0.29, 0.717) is 47.7 Å². The zero-order valence-corrected chi connectivity index (χ0v) is 16.7. The summed E-state index contributed by atoms with van der Waals surface area (Å²) in [6, 6.07) is 11.9. The van der Waals surface area contributed by atoms with Crippen LogP contribution in [-0.2, 0) is 4.74 Å². The van der Waals surface area contributed by atoms with Crippen LogP contribution < -0.4 is 10.1 Å². The quantitative estimate of drug-likeness (QED) is 0.794. The van der Waals surface area contributed by atoms with Crippen LogP contribution in [0.15, 0.2) is 36.4 Å². The summed E-state index contributed by atoms with van der Waals surface area (Å²) in [5.41, 5.74) is 4.34. The van der Waals surface area contributed by atoms with Gasteiger partial charge in [0.25, 0.3) is 5.91 Å². The normalized spacial score (nSPS) is 26.4. The molecule has 5 heteroatoms. The lowest BCUT2D eigenvalue weighted by molar-refractivity contribution is 0.0950. The highest BCUT2D eigenvalue weighted by Crippen LogP contribution is 2.53. The first-order chi connectivity index (χ1) is 14.1. The number of amides is 1. The molecule has 0 aromatic heterocycles. The van der Waals surface area contributed by atoms with Crippen LogP contribution in [0.3, 0.4) is 0 Å². The Labute approximate surface area is 170 Å². The highest BCUT2D eigenvalue weighted by atomic mass is 16.5. The maximum Gasteiger partial charge on any atom is 0.254 e. The molecule has 0 radical (unpaired) electrons. The molecule has 1 aliphatic carbocycles. The largest absolute Gasteiger partial charge is 0.491 e. The molecule has 1 N–H and O–H groups in total. The molecule has 3 aliphatic rings. The van der Waals surface area contributed by atoms with Gasteiger partial charge >= 0.3 is 0 Å². The monoisotopic (exact) mass is 391 g/mol. The fourth-order valence-corrected chi connectivity index (χ4v) is 5.02. The van der Waals surface area contributed by atoms with Crippen LogP contribution in [0.1, 0.15) is 49.7 Å². The number of ketones is 1. The third kappa shape index (κ3) is 3.04. The third-order valence-corrected chi connectivity index (χ3v) is 6.80. The molecule has 1 unspecified atom stereocenters. The lowest BCUT2D eigenvalue weighted by Crippen LogP contribution is -2.19. The van der Waals surface area contributed by atoms with E-state index in [1.165, 1.54) is 11.1 Å². The summed E-state index contributed by atoms with van der Waals surface area (Å²) in [6.45, 7) is 4.11. The lowest BCUT2D eigenvalue weighted by atomic mass is 9.87. The SMILES string of the molecule is CNC(=O)c1cc(C(=O)CC2[C@H]3COC[C@@H]23)cc2c1OC[C@H]2c1ccccc1C. The van der Waals surface area contributed by atoms with Gasteiger partial charge < -0.3 is 14.8 Å². The van der Waals surface area contributed by atoms with Gasteiger partial charge in [0.05, 0.1) is 25.4 Å². The van der Waals surface area contributed by atoms with Gasteiger partial charge in [-0.05, 0) is 47.9 Å². The Hall–Kier alpha value is -2.66. The van der Waals surface area contributed by atoms with E-state index >= 15 is 0 Å². The first kappa shape index (κ1) is 18.4. The van der Waals surface area contributed by atoms with Gasteiger partial charge in [0.15, 0.2) is 5.78 Å². The van der Waals surface area contributed by atoms with Crippen molar-refractivity contribution in [3.63, 3.8) is 0 Å². The van der Waals surface area contributed by atoms with Gasteiger partial charge in [-0.15, -0.1) is 0 Å². The minimum Gasteiger partial charge on any atom is -0.491 e. The van der Waals surface area contributed by atoms with Gasteiger partial charge in [0.2, 0.25) is 0 Å². The summed E-state index contributed by atoms with van der Waals surface area (Å²) in [6.07, 6.45) is 0.528. The Morgan fingerprint density at radius 1 is 1.07 bits per heavy atom. The van der Waals surface area contributed by atoms with Crippen LogP contribution in [0.4, 0.5) is 0 Å². The van der Waals surface area contributed by atoms with Gasteiger partial charge in [0.1, 0.15) is 5.75 Å². The van der Waals surface area contributed by atoms with Crippen molar-refractivity contribution in [1.82, 2.24) is 5.32 Å². The van der Waals surface area contributed by atoms with Crippen LogP contribution in [0.25, 0.3) is 0 Å².